The highest BCUT2D eigenvalue weighted by Gasteiger charge is 2.10. The van der Waals surface area contributed by atoms with Gasteiger partial charge < -0.3 is 15.6 Å². The Kier molecular flexibility index (Phi) is 3.22. The first-order chi connectivity index (χ1) is 7.74. The first-order valence-electron chi connectivity index (χ1n) is 4.66. The minimum Gasteiger partial charge on any atom is -0.383 e. The van der Waals surface area contributed by atoms with Crippen LogP contribution in [-0.4, -0.2) is 27.5 Å². The largest absolute Gasteiger partial charge is 0.383 e. The van der Waals surface area contributed by atoms with Crippen LogP contribution in [-0.2, 0) is 11.3 Å². The van der Waals surface area contributed by atoms with Crippen LogP contribution in [0.1, 0.15) is 0 Å². The van der Waals surface area contributed by atoms with E-state index >= 15 is 0 Å². The van der Waals surface area contributed by atoms with Crippen LogP contribution in [0.15, 0.2) is 12.5 Å². The summed E-state index contributed by atoms with van der Waals surface area (Å²) in [5.41, 5.74) is 6.58. The number of rotatable bonds is 4. The van der Waals surface area contributed by atoms with Crippen LogP contribution in [0.5, 0.6) is 0 Å². The van der Waals surface area contributed by atoms with Gasteiger partial charge in [-0.2, -0.15) is 0 Å². The maximum atomic E-state index is 10.2. The highest BCUT2D eigenvalue weighted by Crippen LogP contribution is 2.24. The molecule has 0 bridgehead atoms. The van der Waals surface area contributed by atoms with Crippen molar-refractivity contribution in [3.63, 3.8) is 0 Å². The molecule has 2 rings (SSSR count). The van der Waals surface area contributed by atoms with Crippen molar-refractivity contribution in [2.45, 2.75) is 6.54 Å². The lowest BCUT2D eigenvalue weighted by Gasteiger charge is -2.03. The number of carbonyl (C=O) groups excluding carboxylic acids is 1. The molecule has 0 aliphatic heterocycles. The number of nitrogen functional groups attached to an aromatic ring is 1. The van der Waals surface area contributed by atoms with Crippen molar-refractivity contribution in [1.82, 2.24) is 19.9 Å². The Bertz CT molecular complexity index is 524. The van der Waals surface area contributed by atoms with E-state index in [0.29, 0.717) is 25.3 Å². The fraction of sp³-hybridized carbons (Fsp3) is 0.222. The van der Waals surface area contributed by atoms with E-state index in [9.17, 15) is 4.79 Å². The summed E-state index contributed by atoms with van der Waals surface area (Å²) in [5, 5.41) is 3.48. The Labute approximate surface area is 105 Å². The Morgan fingerprint density at radius 3 is 3.12 bits per heavy atom. The van der Waals surface area contributed by atoms with Gasteiger partial charge in [0.05, 0.1) is 5.39 Å². The first-order valence-corrected chi connectivity index (χ1v) is 5.73. The topological polar surface area (TPSA) is 85.8 Å². The zero-order chi connectivity index (χ0) is 11.5. The zero-order valence-electron chi connectivity index (χ0n) is 8.35. The van der Waals surface area contributed by atoms with E-state index < -0.39 is 0 Å². The van der Waals surface area contributed by atoms with E-state index in [0.717, 1.165) is 14.6 Å². The van der Waals surface area contributed by atoms with Gasteiger partial charge in [-0.25, -0.2) is 9.97 Å². The summed E-state index contributed by atoms with van der Waals surface area (Å²) in [6.07, 6.45) is 4.07. The summed E-state index contributed by atoms with van der Waals surface area (Å²) >= 11 is 2.19. The molecule has 0 unspecified atom stereocenters. The number of fused-ring (bicyclic) bond motifs is 1. The van der Waals surface area contributed by atoms with Crippen molar-refractivity contribution < 1.29 is 4.79 Å². The fourth-order valence-corrected chi connectivity index (χ4v) is 2.37. The average Bonchev–Trinajstić information content (AvgIpc) is 2.58. The third-order valence-corrected chi connectivity index (χ3v) is 3.03. The Balaban J connectivity index is 2.39. The van der Waals surface area contributed by atoms with Gasteiger partial charge >= 0.3 is 0 Å². The molecule has 0 spiro atoms. The molecule has 0 fully saturated rings. The van der Waals surface area contributed by atoms with Crippen LogP contribution in [0.2, 0.25) is 0 Å². The number of nitrogens with two attached hydrogens (primary N) is 1. The first kappa shape index (κ1) is 11.1. The SMILES string of the molecule is Nc1ncnc2c1c(I)cn2CCNC=O. The third-order valence-electron chi connectivity index (χ3n) is 2.22. The van der Waals surface area contributed by atoms with Gasteiger partial charge in [-0.3, -0.25) is 4.79 Å². The molecule has 0 aromatic carbocycles. The lowest BCUT2D eigenvalue weighted by Crippen LogP contribution is -2.17. The molecular formula is C9H10IN5O. The molecule has 2 aromatic heterocycles. The maximum Gasteiger partial charge on any atom is 0.207 e. The summed E-state index contributed by atoms with van der Waals surface area (Å²) in [7, 11) is 0. The molecule has 2 heterocycles. The second-order valence-corrected chi connectivity index (χ2v) is 4.36. The Morgan fingerprint density at radius 2 is 2.38 bits per heavy atom. The molecule has 0 aliphatic carbocycles. The maximum absolute atomic E-state index is 10.2. The third kappa shape index (κ3) is 1.94. The molecular weight excluding hydrogens is 321 g/mol. The van der Waals surface area contributed by atoms with Gasteiger partial charge in [-0.1, -0.05) is 0 Å². The van der Waals surface area contributed by atoms with Crippen LogP contribution in [0, 0.1) is 3.57 Å². The number of halogens is 1. The van der Waals surface area contributed by atoms with E-state index in [1.54, 1.807) is 0 Å². The molecule has 84 valence electrons. The predicted molar refractivity (Wildman–Crippen MR) is 68.7 cm³/mol. The molecule has 0 saturated heterocycles. The van der Waals surface area contributed by atoms with Crippen molar-refractivity contribution in [2.75, 3.05) is 12.3 Å². The number of carbonyl (C=O) groups is 1. The molecule has 6 nitrogen and oxygen atoms in total. The summed E-state index contributed by atoms with van der Waals surface area (Å²) in [4.78, 5) is 18.3. The smallest absolute Gasteiger partial charge is 0.207 e. The quantitative estimate of drug-likeness (QED) is 0.481. The van der Waals surface area contributed by atoms with Crippen molar-refractivity contribution in [3.8, 4) is 0 Å². The number of nitrogens with zero attached hydrogens (tertiary/aromatic N) is 3. The highest BCUT2D eigenvalue weighted by atomic mass is 127. The number of aromatic nitrogens is 3. The number of amides is 1. The normalized spacial score (nSPS) is 10.6. The second-order valence-electron chi connectivity index (χ2n) is 3.20. The number of hydrogen-bond donors (Lipinski definition) is 2. The number of hydrogen-bond acceptors (Lipinski definition) is 4. The molecule has 0 saturated carbocycles. The molecule has 16 heavy (non-hydrogen) atoms. The lowest BCUT2D eigenvalue weighted by molar-refractivity contribution is -0.109. The van der Waals surface area contributed by atoms with Gasteiger partial charge in [0.1, 0.15) is 17.8 Å². The minimum atomic E-state index is 0.483. The highest BCUT2D eigenvalue weighted by molar-refractivity contribution is 14.1. The molecule has 3 N–H and O–H groups in total. The lowest BCUT2D eigenvalue weighted by atomic mass is 10.4. The van der Waals surface area contributed by atoms with Crippen LogP contribution in [0.4, 0.5) is 5.82 Å². The average molecular weight is 331 g/mol. The molecule has 1 amide bonds. The van der Waals surface area contributed by atoms with Crippen LogP contribution < -0.4 is 11.1 Å². The monoisotopic (exact) mass is 331 g/mol. The Morgan fingerprint density at radius 1 is 1.56 bits per heavy atom. The van der Waals surface area contributed by atoms with Crippen molar-refractivity contribution in [2.24, 2.45) is 0 Å². The van der Waals surface area contributed by atoms with Gasteiger partial charge in [-0.15, -0.1) is 0 Å². The van der Waals surface area contributed by atoms with E-state index in [4.69, 9.17) is 5.73 Å². The summed E-state index contributed by atoms with van der Waals surface area (Å²) in [6, 6.07) is 0. The van der Waals surface area contributed by atoms with Crippen molar-refractivity contribution in [3.05, 3.63) is 16.1 Å². The van der Waals surface area contributed by atoms with Gasteiger partial charge in [0, 0.05) is 22.9 Å². The van der Waals surface area contributed by atoms with E-state index in [-0.39, 0.29) is 0 Å². The molecule has 7 heteroatoms. The van der Waals surface area contributed by atoms with Crippen LogP contribution in [0.3, 0.4) is 0 Å². The summed E-state index contributed by atoms with van der Waals surface area (Å²) in [6.45, 7) is 1.22. The fourth-order valence-electron chi connectivity index (χ4n) is 1.51. The number of anilines is 1. The summed E-state index contributed by atoms with van der Waals surface area (Å²) < 4.78 is 2.96. The van der Waals surface area contributed by atoms with E-state index in [1.165, 1.54) is 6.33 Å². The molecule has 2 aromatic rings. The molecule has 0 aliphatic rings. The Hall–Kier alpha value is -1.38. The van der Waals surface area contributed by atoms with E-state index in [1.807, 2.05) is 10.8 Å². The van der Waals surface area contributed by atoms with Crippen molar-refractivity contribution in [1.29, 1.82) is 0 Å². The standard InChI is InChI=1S/C9H10IN5O/c10-6-3-15(2-1-12-5-16)9-7(6)8(11)13-4-14-9/h3-5H,1-2H2,(H,12,16)(H2,11,13,14). The molecule has 0 atom stereocenters. The molecule has 0 radical (unpaired) electrons. The van der Waals surface area contributed by atoms with Gasteiger partial charge in [-0.05, 0) is 22.6 Å². The van der Waals surface area contributed by atoms with Gasteiger partial charge in [0.2, 0.25) is 6.41 Å². The van der Waals surface area contributed by atoms with Gasteiger partial charge in [0.15, 0.2) is 0 Å². The minimum absolute atomic E-state index is 0.483. The van der Waals surface area contributed by atoms with Crippen LogP contribution >= 0.6 is 22.6 Å². The number of nitrogens with one attached hydrogen (secondary N) is 1. The second kappa shape index (κ2) is 4.64. The van der Waals surface area contributed by atoms with Crippen LogP contribution in [0.25, 0.3) is 11.0 Å². The van der Waals surface area contributed by atoms with Crippen molar-refractivity contribution >= 4 is 45.9 Å². The predicted octanol–water partition coefficient (Wildman–Crippen LogP) is 0.364. The summed E-state index contributed by atoms with van der Waals surface area (Å²) in [5.74, 6) is 0.483. The van der Waals surface area contributed by atoms with E-state index in [2.05, 4.69) is 37.9 Å². The zero-order valence-corrected chi connectivity index (χ0v) is 10.5. The van der Waals surface area contributed by atoms with Gasteiger partial charge in [0.25, 0.3) is 0 Å².